The number of nitrogens with two attached hydrogens (primary N) is 1. The van der Waals surface area contributed by atoms with E-state index in [2.05, 4.69) is 5.32 Å². The number of benzene rings is 3. The third-order valence-corrected chi connectivity index (χ3v) is 4.64. The number of carbonyl (C=O) groups excluding carboxylic acids is 2. The van der Waals surface area contributed by atoms with Crippen molar-refractivity contribution >= 4 is 28.3 Å². The highest BCUT2D eigenvalue weighted by atomic mass is 16.2. The summed E-state index contributed by atoms with van der Waals surface area (Å²) in [5.41, 5.74) is 8.50. The molecule has 0 spiro atoms. The van der Waals surface area contributed by atoms with E-state index in [1.165, 1.54) is 4.90 Å². The summed E-state index contributed by atoms with van der Waals surface area (Å²) >= 11 is 0. The van der Waals surface area contributed by atoms with Gasteiger partial charge in [0.1, 0.15) is 0 Å². The molecule has 5 nitrogen and oxygen atoms in total. The molecule has 4 rings (SSSR count). The average molecular weight is 345 g/mol. The highest BCUT2D eigenvalue weighted by Crippen LogP contribution is 2.34. The lowest BCUT2D eigenvalue weighted by molar-refractivity contribution is 0.0598. The standard InChI is InChI=1S/C21H19N3O2/c22-11-12-23-18-10-9-17-19-15(18)7-4-8-16(19)20(25)24(21(17)26)13-14-5-2-1-3-6-14/h1-10,23H,11-13,22H2. The Bertz CT molecular complexity index is 977. The largest absolute Gasteiger partial charge is 0.383 e. The number of rotatable bonds is 5. The first-order valence-corrected chi connectivity index (χ1v) is 8.60. The van der Waals surface area contributed by atoms with Gasteiger partial charge in [-0.25, -0.2) is 0 Å². The van der Waals surface area contributed by atoms with Crippen LogP contribution in [0.5, 0.6) is 0 Å². The van der Waals surface area contributed by atoms with Crippen LogP contribution in [-0.2, 0) is 6.54 Å². The molecule has 1 aliphatic rings. The van der Waals surface area contributed by atoms with Crippen LogP contribution in [0.2, 0.25) is 0 Å². The van der Waals surface area contributed by atoms with Gasteiger partial charge in [-0.2, -0.15) is 0 Å². The quantitative estimate of drug-likeness (QED) is 0.697. The van der Waals surface area contributed by atoms with Crippen molar-refractivity contribution in [3.8, 4) is 0 Å². The molecule has 130 valence electrons. The number of amides is 2. The summed E-state index contributed by atoms with van der Waals surface area (Å²) < 4.78 is 0. The molecule has 3 aromatic rings. The van der Waals surface area contributed by atoms with Crippen LogP contribution in [0, 0.1) is 0 Å². The predicted octanol–water partition coefficient (Wildman–Crippen LogP) is 3.01. The third kappa shape index (κ3) is 2.62. The Morgan fingerprint density at radius 2 is 1.58 bits per heavy atom. The summed E-state index contributed by atoms with van der Waals surface area (Å²) in [6.45, 7) is 1.40. The van der Waals surface area contributed by atoms with Crippen LogP contribution in [0.1, 0.15) is 26.3 Å². The molecule has 0 aliphatic carbocycles. The van der Waals surface area contributed by atoms with Crippen LogP contribution in [0.3, 0.4) is 0 Å². The summed E-state index contributed by atoms with van der Waals surface area (Å²) in [4.78, 5) is 27.3. The second-order valence-electron chi connectivity index (χ2n) is 6.29. The molecule has 1 heterocycles. The van der Waals surface area contributed by atoms with Gasteiger partial charge >= 0.3 is 0 Å². The molecule has 5 heteroatoms. The topological polar surface area (TPSA) is 75.4 Å². The van der Waals surface area contributed by atoms with Crippen LogP contribution < -0.4 is 11.1 Å². The van der Waals surface area contributed by atoms with Crippen LogP contribution in [0.25, 0.3) is 10.8 Å². The smallest absolute Gasteiger partial charge is 0.261 e. The molecule has 1 aliphatic heterocycles. The molecule has 0 aromatic heterocycles. The second-order valence-corrected chi connectivity index (χ2v) is 6.29. The van der Waals surface area contributed by atoms with E-state index in [-0.39, 0.29) is 18.4 Å². The molecule has 0 saturated carbocycles. The van der Waals surface area contributed by atoms with Gasteiger partial charge in [0.2, 0.25) is 0 Å². The Hall–Kier alpha value is -3.18. The Morgan fingerprint density at radius 1 is 0.846 bits per heavy atom. The van der Waals surface area contributed by atoms with E-state index in [0.29, 0.717) is 29.6 Å². The van der Waals surface area contributed by atoms with Crippen LogP contribution in [0.4, 0.5) is 5.69 Å². The van der Waals surface area contributed by atoms with Gasteiger partial charge in [-0.1, -0.05) is 42.5 Å². The molecule has 0 atom stereocenters. The number of nitrogens with zero attached hydrogens (tertiary/aromatic N) is 1. The Morgan fingerprint density at radius 3 is 2.31 bits per heavy atom. The second kappa shape index (κ2) is 6.61. The fourth-order valence-electron chi connectivity index (χ4n) is 3.42. The van der Waals surface area contributed by atoms with Crippen LogP contribution in [0.15, 0.2) is 60.7 Å². The maximum absolute atomic E-state index is 13.0. The zero-order valence-corrected chi connectivity index (χ0v) is 14.2. The summed E-state index contributed by atoms with van der Waals surface area (Å²) in [6, 6.07) is 18.8. The fraction of sp³-hybridized carbons (Fsp3) is 0.143. The van der Waals surface area contributed by atoms with Crippen molar-refractivity contribution in [2.75, 3.05) is 18.4 Å². The third-order valence-electron chi connectivity index (χ3n) is 4.64. The Kier molecular flexibility index (Phi) is 4.14. The van der Waals surface area contributed by atoms with Crippen molar-refractivity contribution in [2.45, 2.75) is 6.54 Å². The molecule has 0 fully saturated rings. The van der Waals surface area contributed by atoms with Gasteiger partial charge in [0.15, 0.2) is 0 Å². The molecule has 3 N–H and O–H groups in total. The van der Waals surface area contributed by atoms with Crippen molar-refractivity contribution in [2.24, 2.45) is 5.73 Å². The maximum atomic E-state index is 13.0. The molecule has 2 amide bonds. The predicted molar refractivity (Wildman–Crippen MR) is 102 cm³/mol. The van der Waals surface area contributed by atoms with E-state index >= 15 is 0 Å². The van der Waals surface area contributed by atoms with Crippen LogP contribution >= 0.6 is 0 Å². The van der Waals surface area contributed by atoms with Gasteiger partial charge < -0.3 is 11.1 Å². The Balaban J connectivity index is 1.80. The molecule has 0 bridgehead atoms. The van der Waals surface area contributed by atoms with E-state index in [0.717, 1.165) is 16.6 Å². The van der Waals surface area contributed by atoms with E-state index < -0.39 is 0 Å². The van der Waals surface area contributed by atoms with Crippen LogP contribution in [-0.4, -0.2) is 29.8 Å². The van der Waals surface area contributed by atoms with Crippen molar-refractivity contribution in [1.29, 1.82) is 0 Å². The summed E-state index contributed by atoms with van der Waals surface area (Å²) in [5, 5.41) is 4.85. The minimum Gasteiger partial charge on any atom is -0.383 e. The first-order chi connectivity index (χ1) is 12.7. The van der Waals surface area contributed by atoms with Gasteiger partial charge in [0.25, 0.3) is 11.8 Å². The van der Waals surface area contributed by atoms with Crippen molar-refractivity contribution in [1.82, 2.24) is 4.90 Å². The highest BCUT2D eigenvalue weighted by molar-refractivity contribution is 6.26. The van der Waals surface area contributed by atoms with Gasteiger partial charge in [-0.15, -0.1) is 0 Å². The monoisotopic (exact) mass is 345 g/mol. The van der Waals surface area contributed by atoms with Gasteiger partial charge in [0, 0.05) is 40.7 Å². The number of hydrogen-bond acceptors (Lipinski definition) is 4. The molecular formula is C21H19N3O2. The van der Waals surface area contributed by atoms with Crippen molar-refractivity contribution in [3.05, 3.63) is 77.4 Å². The summed E-state index contributed by atoms with van der Waals surface area (Å²) in [6.07, 6.45) is 0. The van der Waals surface area contributed by atoms with Crippen molar-refractivity contribution in [3.63, 3.8) is 0 Å². The molecule has 3 aromatic carbocycles. The molecule has 26 heavy (non-hydrogen) atoms. The maximum Gasteiger partial charge on any atom is 0.261 e. The minimum absolute atomic E-state index is 0.257. The van der Waals surface area contributed by atoms with Gasteiger partial charge in [-0.3, -0.25) is 14.5 Å². The van der Waals surface area contributed by atoms with E-state index in [9.17, 15) is 9.59 Å². The minimum atomic E-state index is -0.257. The molecule has 0 unspecified atom stereocenters. The van der Waals surface area contributed by atoms with E-state index in [1.807, 2.05) is 48.5 Å². The summed E-state index contributed by atoms with van der Waals surface area (Å²) in [7, 11) is 0. The number of carbonyl (C=O) groups is 2. The average Bonchev–Trinajstić information content (AvgIpc) is 2.68. The lowest BCUT2D eigenvalue weighted by Crippen LogP contribution is -2.39. The number of hydrogen-bond donors (Lipinski definition) is 2. The lowest BCUT2D eigenvalue weighted by atomic mass is 9.92. The first-order valence-electron chi connectivity index (χ1n) is 8.60. The highest BCUT2D eigenvalue weighted by Gasteiger charge is 2.33. The lowest BCUT2D eigenvalue weighted by Gasteiger charge is -2.28. The van der Waals surface area contributed by atoms with E-state index in [1.54, 1.807) is 12.1 Å². The van der Waals surface area contributed by atoms with Gasteiger partial charge in [0.05, 0.1) is 6.54 Å². The number of imide groups is 1. The number of anilines is 1. The number of nitrogens with one attached hydrogen (secondary N) is 1. The zero-order valence-electron chi connectivity index (χ0n) is 14.2. The fourth-order valence-corrected chi connectivity index (χ4v) is 3.42. The summed E-state index contributed by atoms with van der Waals surface area (Å²) in [5.74, 6) is -0.513. The first kappa shape index (κ1) is 16.3. The molecule has 0 radical (unpaired) electrons. The normalized spacial score (nSPS) is 13.3. The van der Waals surface area contributed by atoms with Crippen molar-refractivity contribution < 1.29 is 9.59 Å². The SMILES string of the molecule is NCCNc1ccc2c3c(cccc13)C(=O)N(Cc1ccccc1)C2=O. The zero-order chi connectivity index (χ0) is 18.1. The van der Waals surface area contributed by atoms with Gasteiger partial charge in [-0.05, 0) is 23.8 Å². The molecular weight excluding hydrogens is 326 g/mol. The molecule has 0 saturated heterocycles. The van der Waals surface area contributed by atoms with E-state index in [4.69, 9.17) is 5.73 Å². The Labute approximate surface area is 151 Å².